The fraction of sp³-hybridized carbons (Fsp3) is 0.562. The Morgan fingerprint density at radius 3 is 2.71 bits per heavy atom. The Morgan fingerprint density at radius 1 is 1.29 bits per heavy atom. The van der Waals surface area contributed by atoms with Gasteiger partial charge in [-0.05, 0) is 31.5 Å². The quantitative estimate of drug-likeness (QED) is 0.230. The Bertz CT molecular complexity index is 547. The van der Waals surface area contributed by atoms with E-state index >= 15 is 0 Å². The van der Waals surface area contributed by atoms with Crippen LogP contribution in [0.3, 0.4) is 0 Å². The van der Waals surface area contributed by atoms with E-state index in [0.29, 0.717) is 12.5 Å². The number of hydrogen-bond acceptors (Lipinski definition) is 4. The second-order valence-electron chi connectivity index (χ2n) is 5.68. The lowest BCUT2D eigenvalue weighted by Crippen LogP contribution is -2.42. The van der Waals surface area contributed by atoms with Crippen LogP contribution >= 0.6 is 24.0 Å². The molecule has 1 saturated heterocycles. The van der Waals surface area contributed by atoms with Crippen LogP contribution in [-0.2, 0) is 6.54 Å². The standard InChI is InChI=1S/C16H25N5O2.HI/c1-17-16(18-8-11-20-9-3-2-4-10-20)19-13-14-6-5-7-15(12-14)21(22)23;/h5-7,12H,2-4,8-11,13H2,1H3,(H2,17,18,19);1H. The van der Waals surface area contributed by atoms with Crippen LogP contribution in [0.1, 0.15) is 24.8 Å². The first-order valence-corrected chi connectivity index (χ1v) is 8.09. The molecule has 8 heteroatoms. The predicted molar refractivity (Wildman–Crippen MR) is 107 cm³/mol. The van der Waals surface area contributed by atoms with Gasteiger partial charge in [-0.1, -0.05) is 18.6 Å². The summed E-state index contributed by atoms with van der Waals surface area (Å²) in [6, 6.07) is 6.63. The van der Waals surface area contributed by atoms with Gasteiger partial charge in [-0.2, -0.15) is 0 Å². The SMILES string of the molecule is CN=C(NCCN1CCCCC1)NCc1cccc([N+](=O)[O-])c1.I. The summed E-state index contributed by atoms with van der Waals surface area (Å²) in [6.45, 7) is 4.72. The largest absolute Gasteiger partial charge is 0.355 e. The summed E-state index contributed by atoms with van der Waals surface area (Å²) in [5.41, 5.74) is 0.968. The van der Waals surface area contributed by atoms with E-state index in [4.69, 9.17) is 0 Å². The summed E-state index contributed by atoms with van der Waals surface area (Å²) >= 11 is 0. The maximum absolute atomic E-state index is 10.8. The zero-order valence-corrected chi connectivity index (χ0v) is 16.4. The number of non-ortho nitro benzene ring substituents is 1. The first-order chi connectivity index (χ1) is 11.2. The number of nitrogens with one attached hydrogen (secondary N) is 2. The van der Waals surface area contributed by atoms with Gasteiger partial charge in [0.15, 0.2) is 5.96 Å². The molecule has 0 radical (unpaired) electrons. The molecule has 134 valence electrons. The highest BCUT2D eigenvalue weighted by Crippen LogP contribution is 2.12. The molecule has 0 amide bonds. The summed E-state index contributed by atoms with van der Waals surface area (Å²) in [7, 11) is 1.73. The smallest absolute Gasteiger partial charge is 0.269 e. The minimum Gasteiger partial charge on any atom is -0.355 e. The van der Waals surface area contributed by atoms with Gasteiger partial charge in [0.25, 0.3) is 5.69 Å². The maximum Gasteiger partial charge on any atom is 0.269 e. The van der Waals surface area contributed by atoms with Crippen LogP contribution in [0.5, 0.6) is 0 Å². The van der Waals surface area contributed by atoms with Gasteiger partial charge in [-0.3, -0.25) is 15.1 Å². The van der Waals surface area contributed by atoms with Crippen molar-refractivity contribution in [1.82, 2.24) is 15.5 Å². The van der Waals surface area contributed by atoms with Crippen molar-refractivity contribution in [3.63, 3.8) is 0 Å². The number of piperidine rings is 1. The number of nitro groups is 1. The lowest BCUT2D eigenvalue weighted by atomic mass is 10.1. The van der Waals surface area contributed by atoms with Crippen LogP contribution < -0.4 is 10.6 Å². The number of nitro benzene ring substituents is 1. The molecular formula is C16H26IN5O2. The van der Waals surface area contributed by atoms with Crippen LogP contribution in [0.15, 0.2) is 29.3 Å². The minimum atomic E-state index is -0.380. The number of likely N-dealkylation sites (tertiary alicyclic amines) is 1. The highest BCUT2D eigenvalue weighted by atomic mass is 127. The molecule has 1 aromatic carbocycles. The molecule has 0 bridgehead atoms. The number of aliphatic imine (C=N–C) groups is 1. The molecule has 1 heterocycles. The molecule has 1 aliphatic heterocycles. The van der Waals surface area contributed by atoms with E-state index in [-0.39, 0.29) is 34.6 Å². The molecular weight excluding hydrogens is 421 g/mol. The highest BCUT2D eigenvalue weighted by molar-refractivity contribution is 14.0. The third kappa shape index (κ3) is 7.00. The van der Waals surface area contributed by atoms with E-state index in [1.807, 2.05) is 6.07 Å². The topological polar surface area (TPSA) is 82.8 Å². The van der Waals surface area contributed by atoms with E-state index in [0.717, 1.165) is 18.7 Å². The van der Waals surface area contributed by atoms with Gasteiger partial charge in [0.05, 0.1) is 4.92 Å². The van der Waals surface area contributed by atoms with Crippen molar-refractivity contribution in [3.8, 4) is 0 Å². The van der Waals surface area contributed by atoms with Crippen molar-refractivity contribution in [2.45, 2.75) is 25.8 Å². The van der Waals surface area contributed by atoms with Crippen LogP contribution in [-0.4, -0.2) is 49.0 Å². The lowest BCUT2D eigenvalue weighted by Gasteiger charge is -2.26. The molecule has 0 unspecified atom stereocenters. The molecule has 24 heavy (non-hydrogen) atoms. The van der Waals surface area contributed by atoms with Gasteiger partial charge in [-0.15, -0.1) is 24.0 Å². The van der Waals surface area contributed by atoms with Crippen molar-refractivity contribution in [2.24, 2.45) is 4.99 Å². The molecule has 2 N–H and O–H groups in total. The van der Waals surface area contributed by atoms with Gasteiger partial charge in [0.2, 0.25) is 0 Å². The molecule has 2 rings (SSSR count). The molecule has 1 fully saturated rings. The zero-order valence-electron chi connectivity index (χ0n) is 14.0. The summed E-state index contributed by atoms with van der Waals surface area (Å²) in [6.07, 6.45) is 3.93. The number of benzene rings is 1. The van der Waals surface area contributed by atoms with E-state index in [2.05, 4.69) is 20.5 Å². The molecule has 1 aromatic rings. The number of hydrogen-bond donors (Lipinski definition) is 2. The number of halogens is 1. The fourth-order valence-electron chi connectivity index (χ4n) is 2.70. The van der Waals surface area contributed by atoms with Gasteiger partial charge < -0.3 is 15.5 Å². The van der Waals surface area contributed by atoms with Gasteiger partial charge >= 0.3 is 0 Å². The van der Waals surface area contributed by atoms with E-state index in [1.165, 1.54) is 38.4 Å². The molecule has 1 aliphatic rings. The Kier molecular flexibility index (Phi) is 9.62. The van der Waals surface area contributed by atoms with Crippen molar-refractivity contribution in [3.05, 3.63) is 39.9 Å². The van der Waals surface area contributed by atoms with Crippen LogP contribution in [0.25, 0.3) is 0 Å². The molecule has 0 aliphatic carbocycles. The summed E-state index contributed by atoms with van der Waals surface area (Å²) < 4.78 is 0. The Balaban J connectivity index is 0.00000288. The number of rotatable bonds is 6. The van der Waals surface area contributed by atoms with Gasteiger partial charge in [0, 0.05) is 38.8 Å². The number of guanidine groups is 1. The first kappa shape index (κ1) is 20.6. The molecule has 0 spiro atoms. The second kappa shape index (κ2) is 11.2. The fourth-order valence-corrected chi connectivity index (χ4v) is 2.70. The van der Waals surface area contributed by atoms with Crippen molar-refractivity contribution in [2.75, 3.05) is 33.2 Å². The Hall–Kier alpha value is -1.42. The van der Waals surface area contributed by atoms with Crippen LogP contribution in [0.2, 0.25) is 0 Å². The molecule has 7 nitrogen and oxygen atoms in total. The average molecular weight is 447 g/mol. The molecule has 0 saturated carbocycles. The average Bonchev–Trinajstić information content (AvgIpc) is 2.59. The normalized spacial score (nSPS) is 15.5. The Morgan fingerprint density at radius 2 is 2.04 bits per heavy atom. The highest BCUT2D eigenvalue weighted by Gasteiger charge is 2.09. The summed E-state index contributed by atoms with van der Waals surface area (Å²) in [5, 5.41) is 17.3. The Labute approximate surface area is 160 Å². The van der Waals surface area contributed by atoms with Crippen LogP contribution in [0.4, 0.5) is 5.69 Å². The van der Waals surface area contributed by atoms with E-state index in [1.54, 1.807) is 19.2 Å². The van der Waals surface area contributed by atoms with Gasteiger partial charge in [0.1, 0.15) is 0 Å². The number of nitrogens with zero attached hydrogens (tertiary/aromatic N) is 3. The maximum atomic E-state index is 10.8. The monoisotopic (exact) mass is 447 g/mol. The lowest BCUT2D eigenvalue weighted by molar-refractivity contribution is -0.384. The van der Waals surface area contributed by atoms with Crippen molar-refractivity contribution >= 4 is 35.6 Å². The van der Waals surface area contributed by atoms with Gasteiger partial charge in [-0.25, -0.2) is 0 Å². The predicted octanol–water partition coefficient (Wildman–Crippen LogP) is 2.36. The third-order valence-electron chi connectivity index (χ3n) is 3.97. The zero-order chi connectivity index (χ0) is 16.5. The summed E-state index contributed by atoms with van der Waals surface area (Å²) in [4.78, 5) is 17.1. The first-order valence-electron chi connectivity index (χ1n) is 8.09. The third-order valence-corrected chi connectivity index (χ3v) is 3.97. The van der Waals surface area contributed by atoms with Crippen molar-refractivity contribution < 1.29 is 4.92 Å². The molecule has 0 atom stereocenters. The second-order valence-corrected chi connectivity index (χ2v) is 5.68. The van der Waals surface area contributed by atoms with Crippen molar-refractivity contribution in [1.29, 1.82) is 0 Å². The minimum absolute atomic E-state index is 0. The summed E-state index contributed by atoms with van der Waals surface area (Å²) in [5.74, 6) is 0.716. The van der Waals surface area contributed by atoms with E-state index < -0.39 is 0 Å². The van der Waals surface area contributed by atoms with Crippen LogP contribution in [0, 0.1) is 10.1 Å². The molecule has 0 aromatic heterocycles. The van der Waals surface area contributed by atoms with E-state index in [9.17, 15) is 10.1 Å².